The smallest absolute Gasteiger partial charge is 0.336 e. The minimum atomic E-state index is -0.553. The van der Waals surface area contributed by atoms with Crippen LogP contribution in [-0.4, -0.2) is 80.1 Å². The molecule has 32 heavy (non-hydrogen) atoms. The van der Waals surface area contributed by atoms with E-state index in [0.29, 0.717) is 43.1 Å². The summed E-state index contributed by atoms with van der Waals surface area (Å²) in [6.45, 7) is 7.55. The number of nitrogens with zero attached hydrogens (tertiary/aromatic N) is 2. The molecule has 0 radical (unpaired) electrons. The first kappa shape index (κ1) is 23.9. The first-order valence-electron chi connectivity index (χ1n) is 10.9. The number of morpholine rings is 1. The molecule has 1 atom stereocenters. The highest BCUT2D eigenvalue weighted by atomic mass is 19.1. The van der Waals surface area contributed by atoms with Gasteiger partial charge in [-0.2, -0.15) is 0 Å². The summed E-state index contributed by atoms with van der Waals surface area (Å²) in [5.41, 5.74) is 1.35. The Balaban J connectivity index is 1.72. The summed E-state index contributed by atoms with van der Waals surface area (Å²) in [6, 6.07) is 5.72. The summed E-state index contributed by atoms with van der Waals surface area (Å²) in [5, 5.41) is 2.84. The molecule has 0 saturated carbocycles. The number of benzene rings is 1. The maximum Gasteiger partial charge on any atom is 0.336 e. The number of carbonyl (C=O) groups excluding carboxylic acids is 3. The first-order chi connectivity index (χ1) is 15.4. The van der Waals surface area contributed by atoms with Gasteiger partial charge in [0.1, 0.15) is 12.4 Å². The Bertz CT molecular complexity index is 865. The Morgan fingerprint density at radius 2 is 1.91 bits per heavy atom. The van der Waals surface area contributed by atoms with Crippen LogP contribution in [0.15, 0.2) is 35.5 Å². The topological polar surface area (TPSA) is 88.2 Å². The number of hydrogen-bond acceptors (Lipinski definition) is 6. The molecule has 1 aromatic carbocycles. The third-order valence-corrected chi connectivity index (χ3v) is 5.75. The Labute approximate surface area is 187 Å². The van der Waals surface area contributed by atoms with Crippen molar-refractivity contribution in [1.82, 2.24) is 15.1 Å². The lowest BCUT2D eigenvalue weighted by molar-refractivity contribution is -0.141. The van der Waals surface area contributed by atoms with Gasteiger partial charge in [-0.3, -0.25) is 14.5 Å². The molecule has 1 unspecified atom stereocenters. The second kappa shape index (κ2) is 11.2. The van der Waals surface area contributed by atoms with Crippen molar-refractivity contribution < 1.29 is 28.2 Å². The number of halogens is 1. The number of ether oxygens (including phenoxy) is 2. The van der Waals surface area contributed by atoms with E-state index < -0.39 is 17.7 Å². The van der Waals surface area contributed by atoms with Crippen molar-refractivity contribution in [2.75, 3.05) is 52.5 Å². The first-order valence-corrected chi connectivity index (χ1v) is 10.9. The van der Waals surface area contributed by atoms with Crippen molar-refractivity contribution in [3.8, 4) is 0 Å². The molecular weight excluding hydrogens is 417 g/mol. The molecule has 1 aromatic rings. The average molecular weight is 448 g/mol. The summed E-state index contributed by atoms with van der Waals surface area (Å²) >= 11 is 0. The average Bonchev–Trinajstić information content (AvgIpc) is 2.77. The van der Waals surface area contributed by atoms with Gasteiger partial charge in [0.05, 0.1) is 25.4 Å². The molecule has 0 aliphatic carbocycles. The molecule has 1 fully saturated rings. The normalized spacial score (nSPS) is 19.8. The number of rotatable bonds is 8. The predicted molar refractivity (Wildman–Crippen MR) is 115 cm³/mol. The standard InChI is InChI=1S/C23H30FN3O5/c1-3-32-23(30)22-16(2)27(15-20(28)25-8-9-26-10-12-31-13-11-26)21(29)14-19(22)17-4-6-18(24)7-5-17/h4-7,19H,3,8-15H2,1-2H3,(H,25,28). The lowest BCUT2D eigenvalue weighted by atomic mass is 9.83. The number of hydrogen-bond donors (Lipinski definition) is 1. The van der Waals surface area contributed by atoms with Crippen molar-refractivity contribution in [1.29, 1.82) is 0 Å². The van der Waals surface area contributed by atoms with Crippen molar-refractivity contribution in [3.63, 3.8) is 0 Å². The van der Waals surface area contributed by atoms with Crippen molar-refractivity contribution in [2.24, 2.45) is 0 Å². The van der Waals surface area contributed by atoms with Crippen LogP contribution >= 0.6 is 0 Å². The number of allylic oxidation sites excluding steroid dienone is 1. The van der Waals surface area contributed by atoms with Crippen LogP contribution in [-0.2, 0) is 23.9 Å². The van der Waals surface area contributed by atoms with Crippen molar-refractivity contribution in [2.45, 2.75) is 26.2 Å². The van der Waals surface area contributed by atoms with Crippen LogP contribution in [0.1, 0.15) is 31.7 Å². The zero-order chi connectivity index (χ0) is 23.1. The van der Waals surface area contributed by atoms with E-state index >= 15 is 0 Å². The summed E-state index contributed by atoms with van der Waals surface area (Å²) in [7, 11) is 0. The highest BCUT2D eigenvalue weighted by Gasteiger charge is 2.37. The second-order valence-electron chi connectivity index (χ2n) is 7.81. The zero-order valence-corrected chi connectivity index (χ0v) is 18.6. The Kier molecular flexibility index (Phi) is 8.35. The SMILES string of the molecule is CCOC(=O)C1=C(C)N(CC(=O)NCCN2CCOCC2)C(=O)CC1c1ccc(F)cc1. The molecular formula is C23H30FN3O5. The number of nitrogens with one attached hydrogen (secondary N) is 1. The van der Waals surface area contributed by atoms with Crippen LogP contribution in [0.5, 0.6) is 0 Å². The van der Waals surface area contributed by atoms with Crippen molar-refractivity contribution in [3.05, 3.63) is 46.9 Å². The highest BCUT2D eigenvalue weighted by Crippen LogP contribution is 2.37. The van der Waals surface area contributed by atoms with Gasteiger partial charge in [0, 0.05) is 44.2 Å². The maximum absolute atomic E-state index is 13.4. The molecule has 174 valence electrons. The second-order valence-corrected chi connectivity index (χ2v) is 7.81. The Morgan fingerprint density at radius 1 is 1.22 bits per heavy atom. The van der Waals surface area contributed by atoms with Crippen LogP contribution in [0, 0.1) is 5.82 Å². The Hall–Kier alpha value is -2.78. The fourth-order valence-corrected chi connectivity index (χ4v) is 4.03. The van der Waals surface area contributed by atoms with Gasteiger partial charge in [-0.15, -0.1) is 0 Å². The van der Waals surface area contributed by atoms with Crippen molar-refractivity contribution >= 4 is 17.8 Å². The van der Waals surface area contributed by atoms with Gasteiger partial charge in [-0.05, 0) is 31.5 Å². The van der Waals surface area contributed by atoms with Gasteiger partial charge in [-0.25, -0.2) is 9.18 Å². The fraction of sp³-hybridized carbons (Fsp3) is 0.522. The van der Waals surface area contributed by atoms with Crippen LogP contribution < -0.4 is 5.32 Å². The Morgan fingerprint density at radius 3 is 2.56 bits per heavy atom. The molecule has 9 heteroatoms. The van der Waals surface area contributed by atoms with E-state index in [-0.39, 0.29) is 31.4 Å². The van der Waals surface area contributed by atoms with Gasteiger partial charge in [-0.1, -0.05) is 12.1 Å². The molecule has 2 aliphatic rings. The molecule has 1 saturated heterocycles. The molecule has 2 aliphatic heterocycles. The highest BCUT2D eigenvalue weighted by molar-refractivity contribution is 5.97. The molecule has 0 aromatic heterocycles. The van der Waals surface area contributed by atoms with E-state index in [9.17, 15) is 18.8 Å². The maximum atomic E-state index is 13.4. The number of amides is 2. The molecule has 2 amide bonds. The quantitative estimate of drug-likeness (QED) is 0.607. The van der Waals surface area contributed by atoms with Crippen LogP contribution in [0.4, 0.5) is 4.39 Å². The molecule has 3 rings (SSSR count). The zero-order valence-electron chi connectivity index (χ0n) is 18.6. The molecule has 2 heterocycles. The predicted octanol–water partition coefficient (Wildman–Crippen LogP) is 1.43. The van der Waals surface area contributed by atoms with Gasteiger partial charge in [0.15, 0.2) is 0 Å². The summed E-state index contributed by atoms with van der Waals surface area (Å²) < 4.78 is 23.9. The third-order valence-electron chi connectivity index (χ3n) is 5.75. The van der Waals surface area contributed by atoms with Gasteiger partial charge in [0.25, 0.3) is 0 Å². The minimum absolute atomic E-state index is 0.00181. The fourth-order valence-electron chi connectivity index (χ4n) is 4.03. The summed E-state index contributed by atoms with van der Waals surface area (Å²) in [6.07, 6.45) is -0.00181. The summed E-state index contributed by atoms with van der Waals surface area (Å²) in [4.78, 5) is 41.7. The van der Waals surface area contributed by atoms with Crippen LogP contribution in [0.2, 0.25) is 0 Å². The van der Waals surface area contributed by atoms with E-state index in [1.54, 1.807) is 26.0 Å². The molecule has 0 spiro atoms. The molecule has 1 N–H and O–H groups in total. The van der Waals surface area contributed by atoms with Gasteiger partial charge < -0.3 is 19.7 Å². The van der Waals surface area contributed by atoms with E-state index in [2.05, 4.69) is 10.2 Å². The molecule has 8 nitrogen and oxygen atoms in total. The van der Waals surface area contributed by atoms with E-state index in [1.807, 2.05) is 0 Å². The number of esters is 1. The minimum Gasteiger partial charge on any atom is -0.463 e. The lowest BCUT2D eigenvalue weighted by Crippen LogP contribution is -2.46. The van der Waals surface area contributed by atoms with Crippen LogP contribution in [0.3, 0.4) is 0 Å². The number of carbonyl (C=O) groups is 3. The van der Waals surface area contributed by atoms with Gasteiger partial charge in [0.2, 0.25) is 11.8 Å². The third kappa shape index (κ3) is 5.92. The van der Waals surface area contributed by atoms with Gasteiger partial charge >= 0.3 is 5.97 Å². The summed E-state index contributed by atoms with van der Waals surface area (Å²) in [5.74, 6) is -2.06. The van der Waals surface area contributed by atoms with E-state index in [1.165, 1.54) is 17.0 Å². The van der Waals surface area contributed by atoms with Crippen LogP contribution in [0.25, 0.3) is 0 Å². The van der Waals surface area contributed by atoms with E-state index in [0.717, 1.165) is 13.1 Å². The monoisotopic (exact) mass is 447 g/mol. The molecule has 0 bridgehead atoms. The lowest BCUT2D eigenvalue weighted by Gasteiger charge is -2.34. The van der Waals surface area contributed by atoms with E-state index in [4.69, 9.17) is 9.47 Å². The largest absolute Gasteiger partial charge is 0.463 e.